The first kappa shape index (κ1) is 57.1. The molecule has 0 bridgehead atoms. The zero-order valence-electron chi connectivity index (χ0n) is 24.6. The van der Waals surface area contributed by atoms with Crippen LogP contribution in [0.25, 0.3) is 0 Å². The molecule has 13 heteroatoms. The van der Waals surface area contributed by atoms with Crippen LogP contribution in [-0.2, 0) is 75.5 Å². The van der Waals surface area contributed by atoms with Gasteiger partial charge < -0.3 is 4.43 Å². The minimum Gasteiger partial charge on any atom is 0 e. The third-order valence-corrected chi connectivity index (χ3v) is 11.4. The molecule has 0 aliphatic heterocycles. The van der Waals surface area contributed by atoms with Crippen molar-refractivity contribution in [3.63, 3.8) is 0 Å². The minimum absolute atomic E-state index is 0. The number of carbonyl (C=O) groups excluding carboxylic acids is 2. The van der Waals surface area contributed by atoms with Crippen molar-refractivity contribution in [3.05, 3.63) is 82.4 Å². The van der Waals surface area contributed by atoms with Gasteiger partial charge in [0.25, 0.3) is 0 Å². The molecule has 2 atom stereocenters. The zero-order valence-corrected chi connectivity index (χ0v) is 28.5. The van der Waals surface area contributed by atoms with Gasteiger partial charge in [0.15, 0.2) is 26.0 Å². The molecule has 0 spiro atoms. The Labute approximate surface area is 286 Å². The monoisotopic (exact) mass is 724 g/mol. The first-order chi connectivity index (χ1) is 20.1. The number of hydrogen-bond donors (Lipinski definition) is 0. The summed E-state index contributed by atoms with van der Waals surface area (Å²) >= 11 is 1.75. The van der Waals surface area contributed by atoms with E-state index >= 15 is 0 Å². The maximum Gasteiger partial charge on any atom is 0 e. The summed E-state index contributed by atoms with van der Waals surface area (Å²) in [6, 6.07) is 10.2. The molecule has 44 heavy (non-hydrogen) atoms. The molecular weight excluding hydrogens is 694 g/mol. The Balaban J connectivity index is -0.000000174. The number of thioether (sulfide) groups is 1. The predicted molar refractivity (Wildman–Crippen MR) is 150 cm³/mol. The van der Waals surface area contributed by atoms with Gasteiger partial charge in [0, 0.05) is 50.1 Å². The number of carbonyl (C=O) groups is 2. The number of rotatable bonds is 4. The van der Waals surface area contributed by atoms with E-state index in [4.69, 9.17) is 32.3 Å². The molecule has 2 unspecified atom stereocenters. The van der Waals surface area contributed by atoms with E-state index in [2.05, 4.69) is 110 Å². The number of ketones is 1. The van der Waals surface area contributed by atoms with Crippen LogP contribution in [0.3, 0.4) is 0 Å². The summed E-state index contributed by atoms with van der Waals surface area (Å²) in [6.45, 7) is 37.8. The van der Waals surface area contributed by atoms with Gasteiger partial charge in [-0.3, -0.25) is 9.59 Å². The van der Waals surface area contributed by atoms with Gasteiger partial charge in [-0.15, -0.1) is 11.8 Å². The summed E-state index contributed by atoms with van der Waals surface area (Å²) in [7, 11) is -2.21. The maximum absolute atomic E-state index is 13.4. The van der Waals surface area contributed by atoms with Crippen LogP contribution in [0.1, 0.15) is 40.0 Å². The molecule has 236 valence electrons. The van der Waals surface area contributed by atoms with Crippen LogP contribution >= 0.6 is 11.8 Å². The first-order valence-electron chi connectivity index (χ1n) is 11.4. The number of benzene rings is 1. The van der Waals surface area contributed by atoms with Crippen molar-refractivity contribution < 1.29 is 75.5 Å². The summed E-state index contributed by atoms with van der Waals surface area (Å²) in [5, 5.41) is 0.204. The molecule has 1 saturated carbocycles. The Morgan fingerprint density at radius 2 is 1.32 bits per heavy atom. The van der Waals surface area contributed by atoms with Crippen molar-refractivity contribution in [1.29, 1.82) is 0 Å². The van der Waals surface area contributed by atoms with Crippen LogP contribution in [0, 0.1) is 63.6 Å². The van der Waals surface area contributed by atoms with Crippen LogP contribution in [-0.4, -0.2) is 31.2 Å². The molecule has 2 radical (unpaired) electrons. The van der Waals surface area contributed by atoms with Gasteiger partial charge in [-0.25, -0.2) is 0 Å². The topological polar surface area (TPSA) is 163 Å². The largest absolute Gasteiger partial charge is 0 e. The van der Waals surface area contributed by atoms with Gasteiger partial charge in [0.1, 0.15) is 0 Å². The van der Waals surface area contributed by atoms with Crippen molar-refractivity contribution in [3.8, 4) is 23.7 Å². The fourth-order valence-corrected chi connectivity index (χ4v) is 5.56. The van der Waals surface area contributed by atoms with E-state index in [1.165, 1.54) is 11.0 Å². The number of aldehydes is 1. The van der Waals surface area contributed by atoms with E-state index in [0.29, 0.717) is 19.1 Å². The Morgan fingerprint density at radius 1 is 0.864 bits per heavy atom. The molecule has 9 nitrogen and oxygen atoms in total. The van der Waals surface area contributed by atoms with E-state index in [1.807, 2.05) is 18.2 Å². The van der Waals surface area contributed by atoms with Crippen molar-refractivity contribution in [1.82, 2.24) is 0 Å². The fraction of sp³-hybridized carbons (Fsp3) is 0.355. The average molecular weight is 725 g/mol. The molecule has 2 rings (SSSR count). The summed E-state index contributed by atoms with van der Waals surface area (Å²) < 4.78 is 51.6. The smallest absolute Gasteiger partial charge is 0 e. The van der Waals surface area contributed by atoms with Crippen molar-refractivity contribution in [2.75, 3.05) is 0 Å². The molecule has 1 aliphatic carbocycles. The average Bonchev–Trinajstić information content (AvgIpc) is 3.02. The third kappa shape index (κ3) is 23.8. The van der Waals surface area contributed by atoms with Gasteiger partial charge in [-0.05, 0) is 61.2 Å². The van der Waals surface area contributed by atoms with Crippen LogP contribution in [0.4, 0.5) is 0 Å². The van der Waals surface area contributed by atoms with Crippen molar-refractivity contribution >= 4 is 32.1 Å². The quantitative estimate of drug-likeness (QED) is 0.137. The second-order valence-electron chi connectivity index (χ2n) is 8.92. The van der Waals surface area contributed by atoms with E-state index < -0.39 is 13.9 Å². The number of hydrogen-bond acceptors (Lipinski definition) is 4. The molecule has 1 fully saturated rings. The SMILES string of the molecule is CC(C)(C)[Si](C)(C)OC1(C#C/C=C\C#CC=O)CCC(Sc2ccccc2)CC1=O.[C-]#[O+].[C-]#[O+].[C-]#[O+].[C-]#[O+].[C-]#[O+].[C-]#[O+].[Co].[Co]. The molecule has 0 amide bonds. The second-order valence-corrected chi connectivity index (χ2v) is 15.0. The molecule has 0 N–H and O–H groups in total. The Kier molecular flexibility index (Phi) is 47.5. The van der Waals surface area contributed by atoms with Crippen LogP contribution in [0.2, 0.25) is 18.1 Å². The number of Topliss-reactive ketones (excluding diaryl/α,β-unsaturated/α-hetero) is 1. The fourth-order valence-electron chi connectivity index (χ4n) is 2.95. The van der Waals surface area contributed by atoms with Crippen LogP contribution in [0.15, 0.2) is 47.4 Å². The summed E-state index contributed by atoms with van der Waals surface area (Å²) in [5.74, 6) is 11.0. The standard InChI is InChI=1S/C25H30O3SSi.6CO.2Co/c1-24(2,3)30(4,5)28-25(17-12-7-6-8-13-19-26)18-16-22(20-23(25)27)29-21-14-10-9-11-15-21;6*1-2;;/h6-7,9-11,14-15,19,22H,16,18,20H2,1-5H3;;;;;;;;/b7-6-;;;;;;;;. The van der Waals surface area contributed by atoms with Gasteiger partial charge >= 0.3 is 67.8 Å². The summed E-state index contributed by atoms with van der Waals surface area (Å²) in [4.78, 5) is 24.8. The number of allylic oxidation sites excluding steroid dienone is 2. The Bertz CT molecular complexity index is 1140. The third-order valence-electron chi connectivity index (χ3n) is 5.63. The van der Waals surface area contributed by atoms with E-state index in [9.17, 15) is 9.59 Å². The second kappa shape index (κ2) is 36.6. The maximum atomic E-state index is 13.4. The van der Waals surface area contributed by atoms with Gasteiger partial charge in [-0.2, -0.15) is 0 Å². The Morgan fingerprint density at radius 3 is 1.73 bits per heavy atom. The predicted octanol–water partition coefficient (Wildman–Crippen LogP) is 5.19. The summed E-state index contributed by atoms with van der Waals surface area (Å²) in [5.41, 5.74) is -1.07. The van der Waals surface area contributed by atoms with Gasteiger partial charge in [-0.1, -0.05) is 56.7 Å². The van der Waals surface area contributed by atoms with Gasteiger partial charge in [0.2, 0.25) is 0 Å². The molecular formula is C31H30Co2O9SSi. The molecule has 1 aromatic rings. The van der Waals surface area contributed by atoms with Crippen LogP contribution < -0.4 is 0 Å². The Hall–Kier alpha value is -2.60. The van der Waals surface area contributed by atoms with E-state index in [1.54, 1.807) is 17.8 Å². The zero-order chi connectivity index (χ0) is 34.3. The van der Waals surface area contributed by atoms with E-state index in [0.717, 1.165) is 6.42 Å². The van der Waals surface area contributed by atoms with Crippen molar-refractivity contribution in [2.24, 2.45) is 0 Å². The summed E-state index contributed by atoms with van der Waals surface area (Å²) in [6.07, 6.45) is 5.52. The molecule has 0 aromatic heterocycles. The molecule has 1 aromatic carbocycles. The minimum atomic E-state index is -2.21. The van der Waals surface area contributed by atoms with Gasteiger partial charge in [0.05, 0.1) is 0 Å². The first-order valence-corrected chi connectivity index (χ1v) is 15.2. The normalized spacial score (nSPS) is 15.3. The van der Waals surface area contributed by atoms with E-state index in [-0.39, 0.29) is 49.6 Å². The van der Waals surface area contributed by atoms with Crippen molar-refractivity contribution in [2.45, 2.75) is 73.9 Å². The van der Waals surface area contributed by atoms with Crippen LogP contribution in [0.5, 0.6) is 0 Å². The molecule has 0 heterocycles. The molecule has 1 aliphatic rings. The molecule has 0 saturated heterocycles.